The summed E-state index contributed by atoms with van der Waals surface area (Å²) in [5.41, 5.74) is 0. The van der Waals surface area contributed by atoms with Gasteiger partial charge in [-0.3, -0.25) is 0 Å². The summed E-state index contributed by atoms with van der Waals surface area (Å²) in [6.07, 6.45) is -2.93. The Labute approximate surface area is 70.9 Å². The number of methoxy groups -OCH3 is 2. The zero-order chi connectivity index (χ0) is 9.14. The smallest absolute Gasteiger partial charge is 0.183 e. The van der Waals surface area contributed by atoms with Crippen molar-refractivity contribution in [2.75, 3.05) is 20.8 Å². The van der Waals surface area contributed by atoms with Crippen molar-refractivity contribution in [2.24, 2.45) is 0 Å². The summed E-state index contributed by atoms with van der Waals surface area (Å²) in [5, 5.41) is 18.6. The first-order chi connectivity index (χ1) is 5.70. The third-order valence-electron chi connectivity index (χ3n) is 1.97. The van der Waals surface area contributed by atoms with E-state index in [9.17, 15) is 10.2 Å². The molecular weight excluding hydrogens is 164 g/mol. The third kappa shape index (κ3) is 1.75. The van der Waals surface area contributed by atoms with Crippen LogP contribution in [0.3, 0.4) is 0 Å². The number of hydrogen-bond donors (Lipinski definition) is 2. The van der Waals surface area contributed by atoms with Crippen molar-refractivity contribution >= 4 is 0 Å². The van der Waals surface area contributed by atoms with Crippen LogP contribution < -0.4 is 0 Å². The van der Waals surface area contributed by atoms with Gasteiger partial charge < -0.3 is 24.4 Å². The summed E-state index contributed by atoms with van der Waals surface area (Å²) in [7, 11) is 2.89. The Bertz CT molecular complexity index is 124. The summed E-state index contributed by atoms with van der Waals surface area (Å²) in [4.78, 5) is 0. The lowest BCUT2D eigenvalue weighted by molar-refractivity contribution is -0.264. The number of ether oxygens (including phenoxy) is 3. The van der Waals surface area contributed by atoms with Crippen LogP contribution in [-0.2, 0) is 14.2 Å². The molecule has 72 valence electrons. The van der Waals surface area contributed by atoms with Gasteiger partial charge in [0.1, 0.15) is 18.3 Å². The molecule has 0 aromatic rings. The number of rotatable bonds is 2. The second-order valence-electron chi connectivity index (χ2n) is 2.69. The SMILES string of the molecule is COC1C(O)COC(O)C1OC. The Hall–Kier alpha value is -0.200. The molecule has 4 atom stereocenters. The van der Waals surface area contributed by atoms with Crippen molar-refractivity contribution in [2.45, 2.75) is 24.6 Å². The minimum absolute atomic E-state index is 0.0690. The van der Waals surface area contributed by atoms with E-state index in [-0.39, 0.29) is 6.61 Å². The first kappa shape index (κ1) is 9.88. The second-order valence-corrected chi connectivity index (χ2v) is 2.69. The number of aliphatic hydroxyl groups excluding tert-OH is 2. The van der Waals surface area contributed by atoms with Crippen molar-refractivity contribution in [3.05, 3.63) is 0 Å². The molecule has 1 fully saturated rings. The monoisotopic (exact) mass is 178 g/mol. The van der Waals surface area contributed by atoms with Crippen LogP contribution >= 0.6 is 0 Å². The Balaban J connectivity index is 2.61. The number of aliphatic hydroxyl groups is 2. The molecule has 1 aliphatic rings. The van der Waals surface area contributed by atoms with E-state index >= 15 is 0 Å². The fraction of sp³-hybridized carbons (Fsp3) is 1.00. The molecule has 0 aliphatic carbocycles. The molecule has 0 aromatic carbocycles. The molecule has 0 saturated carbocycles. The van der Waals surface area contributed by atoms with Crippen molar-refractivity contribution in [1.82, 2.24) is 0 Å². The molecule has 5 nitrogen and oxygen atoms in total. The zero-order valence-electron chi connectivity index (χ0n) is 7.14. The summed E-state index contributed by atoms with van der Waals surface area (Å²) >= 11 is 0. The minimum Gasteiger partial charge on any atom is -0.388 e. The fourth-order valence-corrected chi connectivity index (χ4v) is 1.31. The van der Waals surface area contributed by atoms with Gasteiger partial charge in [-0.25, -0.2) is 0 Å². The Morgan fingerprint density at radius 3 is 2.17 bits per heavy atom. The normalized spacial score (nSPS) is 43.0. The standard InChI is InChI=1S/C7H14O5/c1-10-5-4(8)3-12-7(9)6(5)11-2/h4-9H,3H2,1-2H3. The first-order valence-electron chi connectivity index (χ1n) is 3.74. The molecule has 1 heterocycles. The lowest BCUT2D eigenvalue weighted by Crippen LogP contribution is -2.54. The Morgan fingerprint density at radius 1 is 1.17 bits per heavy atom. The van der Waals surface area contributed by atoms with Crippen LogP contribution in [0.25, 0.3) is 0 Å². The van der Waals surface area contributed by atoms with Crippen molar-refractivity contribution in [3.8, 4) is 0 Å². The molecule has 0 spiro atoms. The summed E-state index contributed by atoms with van der Waals surface area (Å²) < 4.78 is 14.7. The van der Waals surface area contributed by atoms with Gasteiger partial charge in [0.2, 0.25) is 0 Å². The van der Waals surface area contributed by atoms with Crippen molar-refractivity contribution in [3.63, 3.8) is 0 Å². The maximum Gasteiger partial charge on any atom is 0.183 e. The molecule has 0 amide bonds. The maximum atomic E-state index is 9.35. The van der Waals surface area contributed by atoms with E-state index in [1.165, 1.54) is 14.2 Å². The molecule has 12 heavy (non-hydrogen) atoms. The summed E-state index contributed by atoms with van der Waals surface area (Å²) in [5.74, 6) is 0. The molecule has 0 bridgehead atoms. The average Bonchev–Trinajstić information content (AvgIpc) is 2.08. The van der Waals surface area contributed by atoms with E-state index in [4.69, 9.17) is 14.2 Å². The first-order valence-corrected chi connectivity index (χ1v) is 3.74. The quantitative estimate of drug-likeness (QED) is 0.551. The van der Waals surface area contributed by atoms with Gasteiger partial charge >= 0.3 is 0 Å². The van der Waals surface area contributed by atoms with Crippen molar-refractivity contribution < 1.29 is 24.4 Å². The van der Waals surface area contributed by atoms with Crippen LogP contribution in [0.15, 0.2) is 0 Å². The predicted octanol–water partition coefficient (Wildman–Crippen LogP) is -1.27. The predicted molar refractivity (Wildman–Crippen MR) is 39.6 cm³/mol. The highest BCUT2D eigenvalue weighted by molar-refractivity contribution is 4.84. The van der Waals surface area contributed by atoms with Crippen LogP contribution in [0.2, 0.25) is 0 Å². The third-order valence-corrected chi connectivity index (χ3v) is 1.97. The van der Waals surface area contributed by atoms with E-state index in [2.05, 4.69) is 0 Å². The molecular formula is C7H14O5. The fourth-order valence-electron chi connectivity index (χ4n) is 1.31. The minimum atomic E-state index is -1.02. The number of hydrogen-bond acceptors (Lipinski definition) is 5. The molecule has 1 rings (SSSR count). The van der Waals surface area contributed by atoms with Gasteiger partial charge in [-0.2, -0.15) is 0 Å². The Kier molecular flexibility index (Phi) is 3.42. The van der Waals surface area contributed by atoms with Gasteiger partial charge in [0.25, 0.3) is 0 Å². The second kappa shape index (κ2) is 4.15. The van der Waals surface area contributed by atoms with Crippen LogP contribution in [0.5, 0.6) is 0 Å². The molecule has 0 radical (unpaired) electrons. The van der Waals surface area contributed by atoms with E-state index in [0.717, 1.165) is 0 Å². The van der Waals surface area contributed by atoms with E-state index < -0.39 is 24.6 Å². The summed E-state index contributed by atoms with van der Waals surface area (Å²) in [6.45, 7) is 0.0690. The van der Waals surface area contributed by atoms with E-state index in [1.54, 1.807) is 0 Å². The lowest BCUT2D eigenvalue weighted by Gasteiger charge is -2.36. The van der Waals surface area contributed by atoms with Crippen LogP contribution in [0.4, 0.5) is 0 Å². The average molecular weight is 178 g/mol. The molecule has 0 aromatic heterocycles. The van der Waals surface area contributed by atoms with Crippen LogP contribution in [0, 0.1) is 0 Å². The lowest BCUT2D eigenvalue weighted by atomic mass is 10.1. The highest BCUT2D eigenvalue weighted by Crippen LogP contribution is 2.18. The van der Waals surface area contributed by atoms with Gasteiger partial charge in [-0.1, -0.05) is 0 Å². The highest BCUT2D eigenvalue weighted by atomic mass is 16.7. The molecule has 4 unspecified atom stereocenters. The highest BCUT2D eigenvalue weighted by Gasteiger charge is 2.39. The van der Waals surface area contributed by atoms with Crippen LogP contribution in [-0.4, -0.2) is 55.6 Å². The molecule has 1 saturated heterocycles. The summed E-state index contributed by atoms with van der Waals surface area (Å²) in [6, 6.07) is 0. The largest absolute Gasteiger partial charge is 0.388 e. The van der Waals surface area contributed by atoms with Gasteiger partial charge in [0.05, 0.1) is 6.61 Å². The van der Waals surface area contributed by atoms with Gasteiger partial charge in [-0.15, -0.1) is 0 Å². The topological polar surface area (TPSA) is 68.2 Å². The Morgan fingerprint density at radius 2 is 1.75 bits per heavy atom. The maximum absolute atomic E-state index is 9.35. The van der Waals surface area contributed by atoms with E-state index in [0.29, 0.717) is 0 Å². The molecule has 1 aliphatic heterocycles. The van der Waals surface area contributed by atoms with Gasteiger partial charge in [0, 0.05) is 14.2 Å². The van der Waals surface area contributed by atoms with Crippen molar-refractivity contribution in [1.29, 1.82) is 0 Å². The van der Waals surface area contributed by atoms with Gasteiger partial charge in [0.15, 0.2) is 6.29 Å². The zero-order valence-corrected chi connectivity index (χ0v) is 7.14. The van der Waals surface area contributed by atoms with Crippen LogP contribution in [0.1, 0.15) is 0 Å². The van der Waals surface area contributed by atoms with E-state index in [1.807, 2.05) is 0 Å². The molecule has 2 N–H and O–H groups in total. The molecule has 5 heteroatoms. The van der Waals surface area contributed by atoms with Gasteiger partial charge in [-0.05, 0) is 0 Å².